The summed E-state index contributed by atoms with van der Waals surface area (Å²) in [5.74, 6) is -1.23. The third-order valence-electron chi connectivity index (χ3n) is 2.97. The van der Waals surface area contributed by atoms with E-state index in [1.54, 1.807) is 14.0 Å². The van der Waals surface area contributed by atoms with Gasteiger partial charge in [0.15, 0.2) is 0 Å². The highest BCUT2D eigenvalue weighted by Crippen LogP contribution is 2.28. The number of hydrogen-bond donors (Lipinski definition) is 0. The zero-order chi connectivity index (χ0) is 12.8. The minimum atomic E-state index is -0.410. The van der Waals surface area contributed by atoms with Gasteiger partial charge in [0.05, 0.1) is 25.0 Å². The third-order valence-corrected chi connectivity index (χ3v) is 2.97. The highest BCUT2D eigenvalue weighted by molar-refractivity contribution is 5.96. The van der Waals surface area contributed by atoms with Crippen LogP contribution in [0.3, 0.4) is 0 Å². The number of hydrogen-bond acceptors (Lipinski definition) is 5. The van der Waals surface area contributed by atoms with Crippen LogP contribution in [0.2, 0.25) is 0 Å². The molecular weight excluding hydrogens is 224 g/mol. The fourth-order valence-corrected chi connectivity index (χ4v) is 1.86. The molecule has 0 amide bonds. The molecule has 1 aliphatic heterocycles. The molecule has 0 aromatic carbocycles. The van der Waals surface area contributed by atoms with Crippen LogP contribution in [0.5, 0.6) is 0 Å². The summed E-state index contributed by atoms with van der Waals surface area (Å²) >= 11 is 0. The molecule has 5 heteroatoms. The summed E-state index contributed by atoms with van der Waals surface area (Å²) < 4.78 is 14.8. The molecule has 1 rings (SSSR count). The number of ether oxygens (including phenoxy) is 3. The molecule has 0 saturated carbocycles. The van der Waals surface area contributed by atoms with Crippen molar-refractivity contribution < 1.29 is 23.8 Å². The number of rotatable bonds is 7. The summed E-state index contributed by atoms with van der Waals surface area (Å²) in [6, 6.07) is 0. The van der Waals surface area contributed by atoms with E-state index >= 15 is 0 Å². The van der Waals surface area contributed by atoms with Crippen molar-refractivity contribution in [3.63, 3.8) is 0 Å². The lowest BCUT2D eigenvalue weighted by Gasteiger charge is -2.15. The van der Waals surface area contributed by atoms with Crippen LogP contribution in [0, 0.1) is 17.8 Å². The molecule has 5 nitrogen and oxygen atoms in total. The van der Waals surface area contributed by atoms with Gasteiger partial charge >= 0.3 is 11.9 Å². The van der Waals surface area contributed by atoms with Gasteiger partial charge in [0.25, 0.3) is 0 Å². The van der Waals surface area contributed by atoms with Crippen LogP contribution in [-0.2, 0) is 23.8 Å². The molecule has 0 N–H and O–H groups in total. The lowest BCUT2D eigenvalue weighted by Crippen LogP contribution is -2.20. The molecule has 0 aromatic heterocycles. The maximum atomic E-state index is 11.4. The molecule has 0 aromatic rings. The Morgan fingerprint density at radius 3 is 2.53 bits per heavy atom. The minimum Gasteiger partial charge on any atom is -0.393 e. The van der Waals surface area contributed by atoms with E-state index in [9.17, 15) is 9.59 Å². The Labute approximate surface area is 101 Å². The van der Waals surface area contributed by atoms with E-state index in [4.69, 9.17) is 9.47 Å². The van der Waals surface area contributed by atoms with Gasteiger partial charge in [-0.05, 0) is 12.3 Å². The van der Waals surface area contributed by atoms with Crippen molar-refractivity contribution in [3.8, 4) is 0 Å². The molecule has 0 radical (unpaired) electrons. The van der Waals surface area contributed by atoms with E-state index in [-0.39, 0.29) is 17.8 Å². The summed E-state index contributed by atoms with van der Waals surface area (Å²) in [5.41, 5.74) is 0. The van der Waals surface area contributed by atoms with Crippen LogP contribution < -0.4 is 0 Å². The van der Waals surface area contributed by atoms with E-state index in [1.165, 1.54) is 0 Å². The van der Waals surface area contributed by atoms with Gasteiger partial charge in [0.2, 0.25) is 0 Å². The van der Waals surface area contributed by atoms with Crippen molar-refractivity contribution in [2.75, 3.05) is 26.9 Å². The Hall–Kier alpha value is -0.940. The van der Waals surface area contributed by atoms with Gasteiger partial charge in [-0.25, -0.2) is 0 Å². The molecule has 3 atom stereocenters. The molecule has 0 spiro atoms. The number of carbonyl (C=O) groups is 2. The molecular formula is C12H20O5. The second-order valence-electron chi connectivity index (χ2n) is 4.54. The number of esters is 2. The highest BCUT2D eigenvalue weighted by atomic mass is 16.6. The number of carbonyl (C=O) groups excluding carboxylic acids is 2. The Kier molecular flexibility index (Phi) is 5.58. The van der Waals surface area contributed by atoms with Crippen molar-refractivity contribution in [2.24, 2.45) is 17.8 Å². The van der Waals surface area contributed by atoms with Crippen LogP contribution in [-0.4, -0.2) is 38.9 Å². The Morgan fingerprint density at radius 2 is 2.00 bits per heavy atom. The molecule has 1 fully saturated rings. The number of cyclic esters (lactones) is 2. The standard InChI is InChI=1S/C12H20O5/c1-8(7-16-5-4-15-3)6-10-9(2)11(13)17-12(10)14/h8-10H,4-7H2,1-3H3. The first kappa shape index (κ1) is 14.1. The van der Waals surface area contributed by atoms with Crippen LogP contribution in [0.1, 0.15) is 20.3 Å². The van der Waals surface area contributed by atoms with E-state index in [2.05, 4.69) is 4.74 Å². The van der Waals surface area contributed by atoms with Crippen LogP contribution >= 0.6 is 0 Å². The first-order chi connectivity index (χ1) is 8.06. The minimum absolute atomic E-state index is 0.220. The topological polar surface area (TPSA) is 61.8 Å². The summed E-state index contributed by atoms with van der Waals surface area (Å²) in [4.78, 5) is 22.6. The summed E-state index contributed by atoms with van der Waals surface area (Å²) in [7, 11) is 1.62. The van der Waals surface area contributed by atoms with Crippen LogP contribution in [0.15, 0.2) is 0 Å². The molecule has 1 aliphatic rings. The van der Waals surface area contributed by atoms with Crippen molar-refractivity contribution in [1.29, 1.82) is 0 Å². The molecule has 1 heterocycles. The van der Waals surface area contributed by atoms with Crippen molar-refractivity contribution in [1.82, 2.24) is 0 Å². The van der Waals surface area contributed by atoms with Crippen molar-refractivity contribution in [2.45, 2.75) is 20.3 Å². The van der Waals surface area contributed by atoms with Gasteiger partial charge in [-0.2, -0.15) is 0 Å². The first-order valence-electron chi connectivity index (χ1n) is 5.88. The molecule has 0 aliphatic carbocycles. The Bertz CT molecular complexity index is 276. The highest BCUT2D eigenvalue weighted by Gasteiger charge is 2.41. The Morgan fingerprint density at radius 1 is 1.29 bits per heavy atom. The second kappa shape index (κ2) is 6.71. The molecule has 3 unspecified atom stereocenters. The summed E-state index contributed by atoms with van der Waals surface area (Å²) in [6.07, 6.45) is 0.624. The molecule has 1 saturated heterocycles. The van der Waals surface area contributed by atoms with Gasteiger partial charge in [-0.15, -0.1) is 0 Å². The predicted octanol–water partition coefficient (Wildman–Crippen LogP) is 1.01. The van der Waals surface area contributed by atoms with Gasteiger partial charge in [0, 0.05) is 13.7 Å². The normalized spacial score (nSPS) is 26.1. The lowest BCUT2D eigenvalue weighted by atomic mass is 9.88. The van der Waals surface area contributed by atoms with Crippen molar-refractivity contribution >= 4 is 11.9 Å². The monoisotopic (exact) mass is 244 g/mol. The van der Waals surface area contributed by atoms with Gasteiger partial charge < -0.3 is 14.2 Å². The maximum Gasteiger partial charge on any atom is 0.317 e. The fraction of sp³-hybridized carbons (Fsp3) is 0.833. The van der Waals surface area contributed by atoms with E-state index < -0.39 is 11.9 Å². The van der Waals surface area contributed by atoms with E-state index in [0.29, 0.717) is 26.2 Å². The largest absolute Gasteiger partial charge is 0.393 e. The first-order valence-corrected chi connectivity index (χ1v) is 5.88. The molecule has 98 valence electrons. The van der Waals surface area contributed by atoms with Gasteiger partial charge in [0.1, 0.15) is 0 Å². The SMILES string of the molecule is COCCOCC(C)CC1C(=O)OC(=O)C1C. The zero-order valence-electron chi connectivity index (χ0n) is 10.6. The van der Waals surface area contributed by atoms with Gasteiger partial charge in [-0.3, -0.25) is 9.59 Å². The molecule has 17 heavy (non-hydrogen) atoms. The molecule has 0 bridgehead atoms. The predicted molar refractivity (Wildman–Crippen MR) is 60.2 cm³/mol. The lowest BCUT2D eigenvalue weighted by molar-refractivity contribution is -0.153. The van der Waals surface area contributed by atoms with E-state index in [1.807, 2.05) is 6.92 Å². The fourth-order valence-electron chi connectivity index (χ4n) is 1.86. The summed E-state index contributed by atoms with van der Waals surface area (Å²) in [5, 5.41) is 0. The second-order valence-corrected chi connectivity index (χ2v) is 4.54. The zero-order valence-corrected chi connectivity index (χ0v) is 10.6. The maximum absolute atomic E-state index is 11.4. The number of methoxy groups -OCH3 is 1. The van der Waals surface area contributed by atoms with Crippen LogP contribution in [0.4, 0.5) is 0 Å². The van der Waals surface area contributed by atoms with Crippen molar-refractivity contribution in [3.05, 3.63) is 0 Å². The summed E-state index contributed by atoms with van der Waals surface area (Å²) in [6.45, 7) is 5.40. The average molecular weight is 244 g/mol. The van der Waals surface area contributed by atoms with Gasteiger partial charge in [-0.1, -0.05) is 13.8 Å². The van der Waals surface area contributed by atoms with E-state index in [0.717, 1.165) is 0 Å². The third kappa shape index (κ3) is 4.09. The quantitative estimate of drug-likeness (QED) is 0.380. The average Bonchev–Trinajstić information content (AvgIpc) is 2.52. The Balaban J connectivity index is 2.28. The smallest absolute Gasteiger partial charge is 0.317 e. The van der Waals surface area contributed by atoms with Crippen LogP contribution in [0.25, 0.3) is 0 Å².